The lowest BCUT2D eigenvalue weighted by Crippen LogP contribution is -2.39. The van der Waals surface area contributed by atoms with Crippen molar-refractivity contribution < 1.29 is 24.2 Å². The number of methoxy groups -OCH3 is 2. The molecule has 10 nitrogen and oxygen atoms in total. The van der Waals surface area contributed by atoms with Crippen molar-refractivity contribution in [1.82, 2.24) is 15.5 Å². The number of nitrogens with one attached hydrogen (secondary N) is 2. The second-order valence-electron chi connectivity index (χ2n) is 6.68. The molecule has 1 atom stereocenters. The Hall–Kier alpha value is -3.92. The van der Waals surface area contributed by atoms with Crippen LogP contribution < -0.4 is 10.1 Å². The number of phenols is 1. The molecule has 0 spiro atoms. The number of aromatic amines is 1. The van der Waals surface area contributed by atoms with Gasteiger partial charge in [0.15, 0.2) is 0 Å². The number of carbonyl (C=O) groups excluding carboxylic acids is 2. The van der Waals surface area contributed by atoms with E-state index >= 15 is 0 Å². The molecule has 32 heavy (non-hydrogen) atoms. The van der Waals surface area contributed by atoms with Gasteiger partial charge in [0.2, 0.25) is 0 Å². The predicted octanol–water partition coefficient (Wildman–Crippen LogP) is 3.80. The molecule has 3 aromatic rings. The summed E-state index contributed by atoms with van der Waals surface area (Å²) in [5.41, 5.74) is 1.17. The molecule has 1 unspecified atom stereocenters. The Labute approximate surface area is 187 Å². The van der Waals surface area contributed by atoms with Crippen LogP contribution >= 0.6 is 11.6 Å². The Balaban J connectivity index is 2.16. The van der Waals surface area contributed by atoms with Crippen molar-refractivity contribution in [3.8, 4) is 33.9 Å². The van der Waals surface area contributed by atoms with E-state index in [0.717, 1.165) is 6.07 Å². The minimum atomic E-state index is -0.913. The fourth-order valence-corrected chi connectivity index (χ4v) is 3.25. The average Bonchev–Trinajstić information content (AvgIpc) is 3.24. The van der Waals surface area contributed by atoms with Crippen LogP contribution in [0.3, 0.4) is 0 Å². The summed E-state index contributed by atoms with van der Waals surface area (Å²) in [7, 11) is 2.74. The monoisotopic (exact) mass is 458 g/mol. The van der Waals surface area contributed by atoms with Crippen LogP contribution in [0.25, 0.3) is 22.4 Å². The third kappa shape index (κ3) is 4.40. The highest BCUT2D eigenvalue weighted by Gasteiger charge is 2.26. The minimum Gasteiger partial charge on any atom is -0.507 e. The predicted molar refractivity (Wildman–Crippen MR) is 117 cm³/mol. The van der Waals surface area contributed by atoms with Gasteiger partial charge in [-0.1, -0.05) is 23.7 Å². The zero-order chi connectivity index (χ0) is 23.4. The molecule has 0 aliphatic heterocycles. The Morgan fingerprint density at radius 1 is 1.22 bits per heavy atom. The van der Waals surface area contributed by atoms with Crippen molar-refractivity contribution in [3.05, 3.63) is 52.0 Å². The molecule has 0 aliphatic carbocycles. The van der Waals surface area contributed by atoms with Crippen LogP contribution in [-0.4, -0.2) is 47.4 Å². The van der Waals surface area contributed by atoms with Crippen molar-refractivity contribution in [2.45, 2.75) is 13.0 Å². The zero-order valence-corrected chi connectivity index (χ0v) is 18.1. The summed E-state index contributed by atoms with van der Waals surface area (Å²) < 4.78 is 9.82. The third-order valence-corrected chi connectivity index (χ3v) is 5.00. The second kappa shape index (κ2) is 9.48. The second-order valence-corrected chi connectivity index (χ2v) is 7.09. The number of aromatic nitrogens is 2. The van der Waals surface area contributed by atoms with E-state index in [9.17, 15) is 19.6 Å². The van der Waals surface area contributed by atoms with Crippen molar-refractivity contribution >= 4 is 29.2 Å². The van der Waals surface area contributed by atoms with Crippen LogP contribution in [0.4, 0.5) is 5.69 Å². The van der Waals surface area contributed by atoms with Crippen molar-refractivity contribution in [2.24, 2.45) is 5.18 Å². The first-order valence-electron chi connectivity index (χ1n) is 9.28. The molecular formula is C21H19ClN4O6. The molecule has 1 heterocycles. The average molecular weight is 459 g/mol. The van der Waals surface area contributed by atoms with Crippen molar-refractivity contribution in [1.29, 1.82) is 0 Å². The van der Waals surface area contributed by atoms with Crippen LogP contribution in [0.5, 0.6) is 11.5 Å². The summed E-state index contributed by atoms with van der Waals surface area (Å²) >= 11 is 6.09. The summed E-state index contributed by atoms with van der Waals surface area (Å²) in [5, 5.41) is 22.6. The summed E-state index contributed by atoms with van der Waals surface area (Å²) in [6, 6.07) is 8.31. The van der Waals surface area contributed by atoms with E-state index in [1.165, 1.54) is 27.2 Å². The highest BCUT2D eigenvalue weighted by Crippen LogP contribution is 2.42. The molecule has 0 saturated heterocycles. The Morgan fingerprint density at radius 3 is 2.50 bits per heavy atom. The lowest BCUT2D eigenvalue weighted by molar-refractivity contribution is -0.142. The van der Waals surface area contributed by atoms with Crippen LogP contribution in [0.1, 0.15) is 17.4 Å². The van der Waals surface area contributed by atoms with E-state index in [0.29, 0.717) is 16.9 Å². The number of aromatic hydroxyl groups is 1. The molecule has 0 aliphatic rings. The lowest BCUT2D eigenvalue weighted by atomic mass is 9.97. The smallest absolute Gasteiger partial charge is 0.328 e. The number of hydrogen-bond donors (Lipinski definition) is 3. The molecule has 1 amide bonds. The highest BCUT2D eigenvalue weighted by atomic mass is 35.5. The Kier molecular flexibility index (Phi) is 6.74. The summed E-state index contributed by atoms with van der Waals surface area (Å²) in [6.45, 7) is 1.48. The molecule has 0 radical (unpaired) electrons. The van der Waals surface area contributed by atoms with Crippen LogP contribution in [-0.2, 0) is 9.53 Å². The standard InChI is InChI=1S/C21H19ClN4O6/c1-10(21(29)32-3)23-20(28)19-17(11-4-6-12(31-2)7-5-11)18(24-25-19)13-8-14(22)15(26-30)9-16(13)27/h4-10,27H,1-3H3,(H,23,28)(H,24,25). The molecule has 0 fully saturated rings. The summed E-state index contributed by atoms with van der Waals surface area (Å²) in [5.74, 6) is -0.953. The van der Waals surface area contributed by atoms with Gasteiger partial charge in [-0.2, -0.15) is 5.10 Å². The van der Waals surface area contributed by atoms with Gasteiger partial charge in [-0.15, -0.1) is 4.91 Å². The highest BCUT2D eigenvalue weighted by molar-refractivity contribution is 6.33. The number of nitroso groups, excluding NO2 is 1. The van der Waals surface area contributed by atoms with E-state index in [1.807, 2.05) is 0 Å². The largest absolute Gasteiger partial charge is 0.507 e. The van der Waals surface area contributed by atoms with Crippen molar-refractivity contribution in [3.63, 3.8) is 0 Å². The maximum Gasteiger partial charge on any atom is 0.328 e. The normalized spacial score (nSPS) is 11.5. The van der Waals surface area contributed by atoms with Crippen LogP contribution in [0.15, 0.2) is 41.6 Å². The molecule has 0 saturated carbocycles. The number of halogens is 1. The number of H-pyrrole nitrogens is 1. The van der Waals surface area contributed by atoms with Gasteiger partial charge in [0.05, 0.1) is 19.2 Å². The van der Waals surface area contributed by atoms with Crippen LogP contribution in [0.2, 0.25) is 5.02 Å². The Bertz CT molecular complexity index is 1180. The van der Waals surface area contributed by atoms with Gasteiger partial charge in [0, 0.05) is 17.2 Å². The third-order valence-electron chi connectivity index (χ3n) is 4.69. The number of esters is 1. The molecular weight excluding hydrogens is 440 g/mol. The number of carbonyl (C=O) groups is 2. The maximum atomic E-state index is 12.9. The van der Waals surface area contributed by atoms with Crippen LogP contribution in [0, 0.1) is 4.91 Å². The SMILES string of the molecule is COC(=O)C(C)NC(=O)c1[nH]nc(-c2cc(Cl)c(N=O)cc2O)c1-c1ccc(OC)cc1. The molecule has 166 valence electrons. The fourth-order valence-electron chi connectivity index (χ4n) is 3.05. The Morgan fingerprint density at radius 2 is 1.91 bits per heavy atom. The fraction of sp³-hybridized carbons (Fsp3) is 0.190. The number of phenolic OH excluding ortho intramolecular Hbond substituents is 1. The van der Waals surface area contributed by atoms with Crippen molar-refractivity contribution in [2.75, 3.05) is 14.2 Å². The van der Waals surface area contributed by atoms with Gasteiger partial charge in [0.25, 0.3) is 5.91 Å². The van der Waals surface area contributed by atoms with Gasteiger partial charge in [-0.3, -0.25) is 9.89 Å². The van der Waals surface area contributed by atoms with E-state index in [-0.39, 0.29) is 33.4 Å². The number of rotatable bonds is 7. The van der Waals surface area contributed by atoms with Gasteiger partial charge in [0.1, 0.15) is 34.6 Å². The summed E-state index contributed by atoms with van der Waals surface area (Å²) in [6.07, 6.45) is 0. The quantitative estimate of drug-likeness (QED) is 0.361. The maximum absolute atomic E-state index is 12.9. The molecule has 11 heteroatoms. The van der Waals surface area contributed by atoms with E-state index < -0.39 is 17.9 Å². The number of hydrogen-bond acceptors (Lipinski definition) is 8. The molecule has 3 N–H and O–H groups in total. The first-order chi connectivity index (χ1) is 15.3. The molecule has 3 rings (SSSR count). The number of ether oxygens (including phenoxy) is 2. The first-order valence-corrected chi connectivity index (χ1v) is 9.66. The number of benzene rings is 2. The van der Waals surface area contributed by atoms with Gasteiger partial charge in [-0.05, 0) is 35.9 Å². The lowest BCUT2D eigenvalue weighted by Gasteiger charge is -2.13. The number of amides is 1. The first kappa shape index (κ1) is 22.8. The molecule has 1 aromatic heterocycles. The van der Waals surface area contributed by atoms with Gasteiger partial charge < -0.3 is 19.9 Å². The van der Waals surface area contributed by atoms with Gasteiger partial charge in [-0.25, -0.2) is 4.79 Å². The number of nitrogens with zero attached hydrogens (tertiary/aromatic N) is 2. The molecule has 2 aromatic carbocycles. The molecule has 0 bridgehead atoms. The topological polar surface area (TPSA) is 143 Å². The zero-order valence-electron chi connectivity index (χ0n) is 17.3. The van der Waals surface area contributed by atoms with Gasteiger partial charge >= 0.3 is 5.97 Å². The van der Waals surface area contributed by atoms with E-state index in [1.54, 1.807) is 24.3 Å². The van der Waals surface area contributed by atoms with E-state index in [2.05, 4.69) is 25.4 Å². The minimum absolute atomic E-state index is 0.00166. The van der Waals surface area contributed by atoms with E-state index in [4.69, 9.17) is 16.3 Å². The summed E-state index contributed by atoms with van der Waals surface area (Å²) in [4.78, 5) is 35.5.